The van der Waals surface area contributed by atoms with E-state index < -0.39 is 22.8 Å². The first-order valence-corrected chi connectivity index (χ1v) is 3.32. The number of carboxylic acid groups (broad SMARTS) is 2. The molecular formula is C4H4Na2O6S. The van der Waals surface area contributed by atoms with E-state index in [2.05, 4.69) is 0 Å². The first-order valence-electron chi connectivity index (χ1n) is 2.38. The predicted octanol–water partition coefficient (Wildman–Crippen LogP) is -10.1. The Bertz CT molecular complexity index is 158. The number of carbonyl (C=O) groups is 2. The molecule has 0 amide bonds. The van der Waals surface area contributed by atoms with E-state index in [0.29, 0.717) is 0 Å². The molecule has 0 saturated heterocycles. The second-order valence-corrected chi connectivity index (χ2v) is 2.64. The Morgan fingerprint density at radius 2 is 1.23 bits per heavy atom. The minimum Gasteiger partial charge on any atom is -0.546 e. The molecule has 2 N–H and O–H groups in total. The maximum Gasteiger partial charge on any atom is 1.00 e. The Labute approximate surface area is 122 Å². The second-order valence-electron chi connectivity index (χ2n) is 1.48. The molecule has 0 aliphatic heterocycles. The normalized spacial score (nSPS) is 13.1. The van der Waals surface area contributed by atoms with Crippen LogP contribution in [0.4, 0.5) is 0 Å². The van der Waals surface area contributed by atoms with E-state index in [1.165, 1.54) is 0 Å². The minimum absolute atomic E-state index is 0. The van der Waals surface area contributed by atoms with Crippen LogP contribution in [0.1, 0.15) is 0 Å². The van der Waals surface area contributed by atoms with E-state index in [9.17, 15) is 19.8 Å². The Kier molecular flexibility index (Phi) is 14.8. The summed E-state index contributed by atoms with van der Waals surface area (Å²) in [5, 5.41) is 36.3. The SMILES string of the molecule is O=C([O-])C(O)SC(O)C(=O)[O-].[Na+].[Na+]. The molecule has 0 aromatic carbocycles. The molecule has 0 spiro atoms. The molecule has 0 aliphatic rings. The molecule has 0 aromatic heterocycles. The molecule has 0 aromatic rings. The zero-order valence-corrected chi connectivity index (χ0v) is 11.9. The van der Waals surface area contributed by atoms with E-state index in [1.807, 2.05) is 0 Å². The molecule has 0 heterocycles. The van der Waals surface area contributed by atoms with E-state index in [0.717, 1.165) is 0 Å². The topological polar surface area (TPSA) is 121 Å². The number of carbonyl (C=O) groups excluding carboxylic acids is 2. The maximum atomic E-state index is 9.75. The molecular weight excluding hydrogens is 222 g/mol. The smallest absolute Gasteiger partial charge is 0.546 e. The van der Waals surface area contributed by atoms with Crippen LogP contribution in [0.25, 0.3) is 0 Å². The molecule has 0 aliphatic carbocycles. The molecule has 2 atom stereocenters. The van der Waals surface area contributed by atoms with Gasteiger partial charge in [0.25, 0.3) is 0 Å². The van der Waals surface area contributed by atoms with Crippen LogP contribution in [0.3, 0.4) is 0 Å². The molecule has 2 unspecified atom stereocenters. The average molecular weight is 226 g/mol. The van der Waals surface area contributed by atoms with Crippen molar-refractivity contribution in [2.45, 2.75) is 10.9 Å². The average Bonchev–Trinajstić information content (AvgIpc) is 1.87. The van der Waals surface area contributed by atoms with Crippen LogP contribution in [-0.2, 0) is 9.59 Å². The van der Waals surface area contributed by atoms with Gasteiger partial charge in [-0.25, -0.2) is 0 Å². The van der Waals surface area contributed by atoms with Crippen LogP contribution in [0.2, 0.25) is 0 Å². The van der Waals surface area contributed by atoms with Crippen LogP contribution < -0.4 is 69.3 Å². The first-order chi connectivity index (χ1) is 4.95. The second kappa shape index (κ2) is 9.75. The van der Waals surface area contributed by atoms with Crippen LogP contribution in [0, 0.1) is 0 Å². The summed E-state index contributed by atoms with van der Waals surface area (Å²) in [6, 6.07) is 0. The molecule has 0 radical (unpaired) electrons. The van der Waals surface area contributed by atoms with Gasteiger partial charge >= 0.3 is 59.1 Å². The summed E-state index contributed by atoms with van der Waals surface area (Å²) in [5.41, 5.74) is -4.13. The predicted molar refractivity (Wildman–Crippen MR) is 29.6 cm³/mol. The van der Waals surface area contributed by atoms with Gasteiger partial charge in [-0.3, -0.25) is 0 Å². The van der Waals surface area contributed by atoms with Crippen molar-refractivity contribution in [3.05, 3.63) is 0 Å². The Morgan fingerprint density at radius 1 is 1.00 bits per heavy atom. The number of aliphatic hydroxyl groups excluding tert-OH is 2. The quantitative estimate of drug-likeness (QED) is 0.360. The van der Waals surface area contributed by atoms with Gasteiger partial charge in [0.05, 0.1) is 11.9 Å². The van der Waals surface area contributed by atoms with E-state index in [-0.39, 0.29) is 70.9 Å². The van der Waals surface area contributed by atoms with Gasteiger partial charge < -0.3 is 30.0 Å². The van der Waals surface area contributed by atoms with Crippen molar-refractivity contribution in [3.8, 4) is 0 Å². The van der Waals surface area contributed by atoms with Gasteiger partial charge in [-0.2, -0.15) is 0 Å². The van der Waals surface area contributed by atoms with Gasteiger partial charge in [0.15, 0.2) is 0 Å². The van der Waals surface area contributed by atoms with Crippen molar-refractivity contribution in [2.75, 3.05) is 0 Å². The van der Waals surface area contributed by atoms with Gasteiger partial charge in [-0.15, -0.1) is 0 Å². The summed E-state index contributed by atoms with van der Waals surface area (Å²) in [4.78, 5) is 19.5. The van der Waals surface area contributed by atoms with Crippen molar-refractivity contribution < 1.29 is 89.1 Å². The Morgan fingerprint density at radius 3 is 1.38 bits per heavy atom. The maximum absolute atomic E-state index is 9.75. The molecule has 0 fully saturated rings. The van der Waals surface area contributed by atoms with E-state index in [1.54, 1.807) is 0 Å². The van der Waals surface area contributed by atoms with Crippen LogP contribution in [0.15, 0.2) is 0 Å². The molecule has 0 rings (SSSR count). The fourth-order valence-electron chi connectivity index (χ4n) is 0.233. The van der Waals surface area contributed by atoms with Crippen LogP contribution >= 0.6 is 11.8 Å². The fraction of sp³-hybridized carbons (Fsp3) is 0.500. The van der Waals surface area contributed by atoms with Gasteiger partial charge in [0.1, 0.15) is 10.9 Å². The number of carboxylic acids is 2. The van der Waals surface area contributed by atoms with Gasteiger partial charge in [-0.1, -0.05) is 11.8 Å². The van der Waals surface area contributed by atoms with Crippen molar-refractivity contribution in [3.63, 3.8) is 0 Å². The number of thioether (sulfide) groups is 1. The van der Waals surface area contributed by atoms with Crippen molar-refractivity contribution >= 4 is 23.7 Å². The molecule has 9 heteroatoms. The third-order valence-electron chi connectivity index (χ3n) is 0.661. The summed E-state index contributed by atoms with van der Waals surface area (Å²) in [6.45, 7) is 0. The summed E-state index contributed by atoms with van der Waals surface area (Å²) in [5.74, 6) is -3.73. The third kappa shape index (κ3) is 9.51. The molecule has 64 valence electrons. The number of hydrogen-bond acceptors (Lipinski definition) is 7. The summed E-state index contributed by atoms with van der Waals surface area (Å²) < 4.78 is 0. The summed E-state index contributed by atoms with van der Waals surface area (Å²) in [6.07, 6.45) is 0. The minimum atomic E-state index is -2.07. The molecule has 13 heavy (non-hydrogen) atoms. The zero-order valence-electron chi connectivity index (χ0n) is 7.09. The number of aliphatic carboxylic acids is 2. The van der Waals surface area contributed by atoms with E-state index in [4.69, 9.17) is 10.2 Å². The van der Waals surface area contributed by atoms with Crippen LogP contribution in [-0.4, -0.2) is 33.0 Å². The Balaban J connectivity index is -0.000000500. The van der Waals surface area contributed by atoms with Gasteiger partial charge in [-0.05, 0) is 0 Å². The largest absolute Gasteiger partial charge is 1.00 e. The fourth-order valence-corrected chi connectivity index (χ4v) is 0.700. The molecule has 0 saturated carbocycles. The molecule has 6 nitrogen and oxygen atoms in total. The summed E-state index contributed by atoms with van der Waals surface area (Å²) in [7, 11) is 0. The Hall–Kier alpha value is 1.21. The zero-order chi connectivity index (χ0) is 9.02. The van der Waals surface area contributed by atoms with Crippen molar-refractivity contribution in [1.29, 1.82) is 0 Å². The van der Waals surface area contributed by atoms with Gasteiger partial charge in [0.2, 0.25) is 0 Å². The number of aliphatic hydroxyl groups is 2. The van der Waals surface area contributed by atoms with Crippen molar-refractivity contribution in [1.82, 2.24) is 0 Å². The standard InChI is InChI=1S/C4H6O6S.2Na/c5-1(6)3(9)11-4(10)2(7)8;;/h3-4,9-10H,(H,5,6)(H,7,8);;/q;2*+1/p-2. The third-order valence-corrected chi connectivity index (χ3v) is 1.56. The van der Waals surface area contributed by atoms with Crippen molar-refractivity contribution in [2.24, 2.45) is 0 Å². The van der Waals surface area contributed by atoms with Gasteiger partial charge in [0, 0.05) is 0 Å². The summed E-state index contributed by atoms with van der Waals surface area (Å²) >= 11 is -0.0972. The monoisotopic (exact) mass is 226 g/mol. The molecule has 0 bridgehead atoms. The first kappa shape index (κ1) is 19.7. The van der Waals surface area contributed by atoms with E-state index >= 15 is 0 Å². The van der Waals surface area contributed by atoms with Crippen LogP contribution in [0.5, 0.6) is 0 Å². The number of rotatable bonds is 4. The number of hydrogen-bond donors (Lipinski definition) is 2.